The third kappa shape index (κ3) is 2.35. The maximum atomic E-state index is 3.54. The second-order valence-electron chi connectivity index (χ2n) is 7.38. The molecule has 1 radical (unpaired) electrons. The molecule has 0 bridgehead atoms. The quantitative estimate of drug-likeness (QED) is 0.444. The highest BCUT2D eigenvalue weighted by Gasteiger charge is 2.13. The van der Waals surface area contributed by atoms with Gasteiger partial charge in [0.1, 0.15) is 0 Å². The van der Waals surface area contributed by atoms with E-state index in [1.807, 2.05) is 0 Å². The van der Waals surface area contributed by atoms with E-state index in [4.69, 9.17) is 0 Å². The van der Waals surface area contributed by atoms with E-state index in [0.29, 0.717) is 0 Å². The largest absolute Gasteiger partial charge is 0.355 e. The predicted molar refractivity (Wildman–Crippen MR) is 116 cm³/mol. The Morgan fingerprint density at radius 3 is 2.33 bits per heavy atom. The van der Waals surface area contributed by atoms with Gasteiger partial charge in [0.2, 0.25) is 0 Å². The number of aromatic amines is 2. The highest BCUT2D eigenvalue weighted by molar-refractivity contribution is 6.67. The van der Waals surface area contributed by atoms with E-state index in [1.54, 1.807) is 0 Å². The maximum absolute atomic E-state index is 3.54. The molecule has 0 atom stereocenters. The Kier molecular flexibility index (Phi) is 3.12. The van der Waals surface area contributed by atoms with Crippen LogP contribution in [0.2, 0.25) is 0 Å². The molecule has 127 valence electrons. The SMILES string of the molecule is [B](c1ccc2[nH]c3c(c2c1)CCC=C3)c1ccc2[nH]c3ccccc3c2c1. The van der Waals surface area contributed by atoms with Crippen molar-refractivity contribution in [2.24, 2.45) is 0 Å². The van der Waals surface area contributed by atoms with Crippen LogP contribution in [0.25, 0.3) is 38.8 Å². The van der Waals surface area contributed by atoms with Crippen LogP contribution >= 0.6 is 0 Å². The molecule has 27 heavy (non-hydrogen) atoms. The summed E-state index contributed by atoms with van der Waals surface area (Å²) in [5.74, 6) is 0. The third-order valence-corrected chi connectivity index (χ3v) is 5.67. The highest BCUT2D eigenvalue weighted by atomic mass is 14.7. The minimum atomic E-state index is 1.12. The first-order valence-electron chi connectivity index (χ1n) is 9.51. The molecule has 2 heterocycles. The van der Waals surface area contributed by atoms with Gasteiger partial charge in [0.15, 0.2) is 7.28 Å². The molecule has 0 spiro atoms. The summed E-state index contributed by atoms with van der Waals surface area (Å²) in [6, 6.07) is 21.9. The van der Waals surface area contributed by atoms with E-state index in [1.165, 1.54) is 54.9 Å². The molecule has 3 heteroatoms. The summed E-state index contributed by atoms with van der Waals surface area (Å²) in [6.07, 6.45) is 6.72. The number of para-hydroxylation sites is 1. The van der Waals surface area contributed by atoms with Crippen LogP contribution in [0.15, 0.2) is 66.7 Å². The van der Waals surface area contributed by atoms with Gasteiger partial charge in [0, 0.05) is 38.4 Å². The average Bonchev–Trinajstić information content (AvgIpc) is 3.26. The van der Waals surface area contributed by atoms with Crippen molar-refractivity contribution in [2.45, 2.75) is 12.8 Å². The number of H-pyrrole nitrogens is 2. The highest BCUT2D eigenvalue weighted by Crippen LogP contribution is 2.27. The maximum Gasteiger partial charge on any atom is 0.191 e. The summed E-state index contributed by atoms with van der Waals surface area (Å²) in [5, 5.41) is 3.92. The Labute approximate surface area is 158 Å². The number of allylic oxidation sites excluding steroid dienone is 1. The minimum absolute atomic E-state index is 1.12. The lowest BCUT2D eigenvalue weighted by Crippen LogP contribution is -2.26. The fourth-order valence-corrected chi connectivity index (χ4v) is 4.36. The first-order chi connectivity index (χ1) is 13.3. The Bertz CT molecular complexity index is 1350. The molecule has 2 N–H and O–H groups in total. The van der Waals surface area contributed by atoms with Crippen LogP contribution in [-0.2, 0) is 6.42 Å². The van der Waals surface area contributed by atoms with E-state index in [2.05, 4.69) is 90.1 Å². The molecule has 0 fully saturated rings. The fourth-order valence-electron chi connectivity index (χ4n) is 4.36. The summed E-state index contributed by atoms with van der Waals surface area (Å²) < 4.78 is 0. The van der Waals surface area contributed by atoms with Crippen molar-refractivity contribution in [1.29, 1.82) is 0 Å². The minimum Gasteiger partial charge on any atom is -0.355 e. The van der Waals surface area contributed by atoms with Gasteiger partial charge in [-0.2, -0.15) is 0 Å². The summed E-state index contributed by atoms with van der Waals surface area (Å²) >= 11 is 0. The summed E-state index contributed by atoms with van der Waals surface area (Å²) in [5.41, 5.74) is 8.82. The zero-order chi connectivity index (χ0) is 17.8. The molecule has 5 aromatic rings. The number of benzene rings is 3. The van der Waals surface area contributed by atoms with Gasteiger partial charge in [0.25, 0.3) is 0 Å². The van der Waals surface area contributed by atoms with Gasteiger partial charge in [-0.1, -0.05) is 59.5 Å². The molecule has 3 aromatic carbocycles. The van der Waals surface area contributed by atoms with Crippen LogP contribution in [0.5, 0.6) is 0 Å². The van der Waals surface area contributed by atoms with Crippen molar-refractivity contribution < 1.29 is 0 Å². The number of hydrogen-bond acceptors (Lipinski definition) is 0. The Balaban J connectivity index is 1.43. The van der Waals surface area contributed by atoms with Crippen LogP contribution in [0.3, 0.4) is 0 Å². The second kappa shape index (κ2) is 5.65. The summed E-state index contributed by atoms with van der Waals surface area (Å²) in [6.45, 7) is 0. The average molecular weight is 345 g/mol. The van der Waals surface area contributed by atoms with Crippen molar-refractivity contribution in [3.8, 4) is 0 Å². The van der Waals surface area contributed by atoms with Gasteiger partial charge in [-0.05, 0) is 42.7 Å². The second-order valence-corrected chi connectivity index (χ2v) is 7.38. The number of aryl methyl sites for hydroxylation is 1. The molecule has 0 amide bonds. The van der Waals surface area contributed by atoms with E-state index in [9.17, 15) is 0 Å². The van der Waals surface area contributed by atoms with Gasteiger partial charge in [-0.3, -0.25) is 0 Å². The normalized spacial score (nSPS) is 13.5. The zero-order valence-electron chi connectivity index (χ0n) is 14.9. The smallest absolute Gasteiger partial charge is 0.191 e. The molecule has 1 aliphatic rings. The zero-order valence-corrected chi connectivity index (χ0v) is 14.9. The number of aromatic nitrogens is 2. The van der Waals surface area contributed by atoms with Crippen LogP contribution in [0, 0.1) is 0 Å². The number of hydrogen-bond donors (Lipinski definition) is 2. The molecule has 6 rings (SSSR count). The van der Waals surface area contributed by atoms with Gasteiger partial charge in [0.05, 0.1) is 0 Å². The third-order valence-electron chi connectivity index (χ3n) is 5.67. The number of rotatable bonds is 2. The van der Waals surface area contributed by atoms with Gasteiger partial charge < -0.3 is 9.97 Å². The van der Waals surface area contributed by atoms with Gasteiger partial charge >= 0.3 is 0 Å². The number of fused-ring (bicyclic) bond motifs is 6. The molecule has 0 saturated heterocycles. The van der Waals surface area contributed by atoms with Crippen LogP contribution in [0.4, 0.5) is 0 Å². The standard InChI is InChI=1S/C24H18BN2/c1-3-7-21-17(5-1)19-13-15(9-11-23(19)26-21)25-16-10-12-24-20(14-16)18-6-2-4-8-22(18)27-24/h1,3-5,7-14,26-27H,2,6H2. The fraction of sp³-hybridized carbons (Fsp3) is 0.0833. The van der Waals surface area contributed by atoms with Crippen LogP contribution < -0.4 is 10.9 Å². The Morgan fingerprint density at radius 1 is 0.704 bits per heavy atom. The van der Waals surface area contributed by atoms with Crippen LogP contribution in [0.1, 0.15) is 17.7 Å². The van der Waals surface area contributed by atoms with Gasteiger partial charge in [-0.15, -0.1) is 0 Å². The summed E-state index contributed by atoms with van der Waals surface area (Å²) in [4.78, 5) is 7.04. The van der Waals surface area contributed by atoms with Gasteiger partial charge in [-0.25, -0.2) is 0 Å². The summed E-state index contributed by atoms with van der Waals surface area (Å²) in [7, 11) is 2.28. The van der Waals surface area contributed by atoms with Crippen molar-refractivity contribution in [1.82, 2.24) is 9.97 Å². The molecular formula is C24H18BN2. The van der Waals surface area contributed by atoms with Crippen LogP contribution in [-0.4, -0.2) is 17.2 Å². The first kappa shape index (κ1) is 14.9. The Hall–Kier alpha value is -3.20. The van der Waals surface area contributed by atoms with E-state index >= 15 is 0 Å². The van der Waals surface area contributed by atoms with Crippen molar-refractivity contribution in [2.75, 3.05) is 0 Å². The lowest BCUT2D eigenvalue weighted by atomic mass is 9.63. The molecule has 1 aliphatic carbocycles. The van der Waals surface area contributed by atoms with E-state index < -0.39 is 0 Å². The molecule has 0 aliphatic heterocycles. The lowest BCUT2D eigenvalue weighted by molar-refractivity contribution is 0.992. The predicted octanol–water partition coefficient (Wildman–Crippen LogP) is 4.42. The lowest BCUT2D eigenvalue weighted by Gasteiger charge is -2.06. The molecular weight excluding hydrogens is 327 g/mol. The molecule has 0 unspecified atom stereocenters. The van der Waals surface area contributed by atoms with Crippen molar-refractivity contribution in [3.63, 3.8) is 0 Å². The number of nitrogens with one attached hydrogen (secondary N) is 2. The molecule has 2 nitrogen and oxygen atoms in total. The van der Waals surface area contributed by atoms with Crippen molar-refractivity contribution in [3.05, 3.63) is 78.0 Å². The van der Waals surface area contributed by atoms with Crippen molar-refractivity contribution >= 4 is 57.0 Å². The van der Waals surface area contributed by atoms with E-state index in [-0.39, 0.29) is 0 Å². The van der Waals surface area contributed by atoms with E-state index in [0.717, 1.165) is 12.8 Å². The topological polar surface area (TPSA) is 31.6 Å². The monoisotopic (exact) mass is 345 g/mol. The molecule has 0 saturated carbocycles. The molecule has 2 aromatic heterocycles. The Morgan fingerprint density at radius 2 is 1.44 bits per heavy atom. The first-order valence-corrected chi connectivity index (χ1v) is 9.51.